The normalized spacial score (nSPS) is 28.6. The molecule has 1 aromatic rings. The second kappa shape index (κ2) is 7.26. The van der Waals surface area contributed by atoms with E-state index >= 15 is 0 Å². The molecular weight excluding hydrogens is 308 g/mol. The van der Waals surface area contributed by atoms with Crippen molar-refractivity contribution in [2.24, 2.45) is 7.05 Å². The molecule has 23 heavy (non-hydrogen) atoms. The van der Waals surface area contributed by atoms with Crippen molar-refractivity contribution in [2.75, 3.05) is 17.2 Å². The summed E-state index contributed by atoms with van der Waals surface area (Å²) < 4.78 is 1.81. The summed E-state index contributed by atoms with van der Waals surface area (Å²) in [5, 5.41) is 8.71. The molecule has 0 aromatic carbocycles. The third-order valence-electron chi connectivity index (χ3n) is 4.96. The van der Waals surface area contributed by atoms with Crippen LogP contribution in [-0.2, 0) is 11.8 Å². The molecule has 128 valence electrons. The van der Waals surface area contributed by atoms with Crippen LogP contribution in [0.25, 0.3) is 0 Å². The van der Waals surface area contributed by atoms with Gasteiger partial charge < -0.3 is 5.32 Å². The van der Waals surface area contributed by atoms with Crippen molar-refractivity contribution in [1.82, 2.24) is 15.1 Å². The lowest BCUT2D eigenvalue weighted by atomic mass is 9.94. The van der Waals surface area contributed by atoms with Crippen molar-refractivity contribution >= 4 is 23.5 Å². The van der Waals surface area contributed by atoms with E-state index in [4.69, 9.17) is 0 Å². The minimum absolute atomic E-state index is 0.0340. The fourth-order valence-corrected chi connectivity index (χ4v) is 5.08. The SMILES string of the molecule is CCS[C@@H]1CCCC[C@@H]1N[C@H]1CCN(c2cc(C)nn2C)C1=O. The monoisotopic (exact) mass is 336 g/mol. The number of nitrogens with one attached hydrogen (secondary N) is 1. The van der Waals surface area contributed by atoms with E-state index in [2.05, 4.69) is 17.3 Å². The van der Waals surface area contributed by atoms with Crippen LogP contribution >= 0.6 is 11.8 Å². The lowest BCUT2D eigenvalue weighted by molar-refractivity contribution is -0.119. The second-order valence-corrected chi connectivity index (χ2v) is 8.17. The largest absolute Gasteiger partial charge is 0.302 e. The highest BCUT2D eigenvalue weighted by Gasteiger charge is 2.37. The van der Waals surface area contributed by atoms with E-state index in [0.29, 0.717) is 11.3 Å². The van der Waals surface area contributed by atoms with Crippen molar-refractivity contribution < 1.29 is 4.79 Å². The molecule has 2 heterocycles. The maximum absolute atomic E-state index is 12.8. The van der Waals surface area contributed by atoms with Crippen LogP contribution in [0, 0.1) is 6.92 Å². The number of hydrogen-bond donors (Lipinski definition) is 1. The number of nitrogens with zero attached hydrogens (tertiary/aromatic N) is 3. The molecule has 1 aliphatic heterocycles. The maximum atomic E-state index is 12.8. The summed E-state index contributed by atoms with van der Waals surface area (Å²) in [6.45, 7) is 4.98. The Balaban J connectivity index is 1.65. The summed E-state index contributed by atoms with van der Waals surface area (Å²) in [7, 11) is 1.91. The first kappa shape index (κ1) is 16.8. The summed E-state index contributed by atoms with van der Waals surface area (Å²) in [5.74, 6) is 2.28. The highest BCUT2D eigenvalue weighted by molar-refractivity contribution is 7.99. The Morgan fingerprint density at radius 2 is 2.13 bits per heavy atom. The van der Waals surface area contributed by atoms with Crippen molar-refractivity contribution in [3.05, 3.63) is 11.8 Å². The smallest absolute Gasteiger partial charge is 0.245 e. The van der Waals surface area contributed by atoms with Crippen LogP contribution in [0.4, 0.5) is 5.82 Å². The first-order chi connectivity index (χ1) is 11.1. The molecule has 6 heteroatoms. The van der Waals surface area contributed by atoms with Crippen molar-refractivity contribution in [3.8, 4) is 0 Å². The molecule has 1 aromatic heterocycles. The van der Waals surface area contributed by atoms with Gasteiger partial charge in [-0.25, -0.2) is 0 Å². The van der Waals surface area contributed by atoms with Crippen LogP contribution in [-0.4, -0.2) is 45.3 Å². The minimum atomic E-state index is -0.0340. The van der Waals surface area contributed by atoms with Crippen LogP contribution < -0.4 is 10.2 Å². The van der Waals surface area contributed by atoms with Gasteiger partial charge in [-0.2, -0.15) is 16.9 Å². The molecule has 0 radical (unpaired) electrons. The molecule has 0 unspecified atom stereocenters. The van der Waals surface area contributed by atoms with Gasteiger partial charge in [-0.1, -0.05) is 19.8 Å². The van der Waals surface area contributed by atoms with Gasteiger partial charge in [0.05, 0.1) is 11.7 Å². The molecule has 2 fully saturated rings. The Morgan fingerprint density at radius 1 is 1.35 bits per heavy atom. The van der Waals surface area contributed by atoms with E-state index < -0.39 is 0 Å². The number of rotatable bonds is 5. The number of hydrogen-bond acceptors (Lipinski definition) is 4. The number of carbonyl (C=O) groups is 1. The predicted molar refractivity (Wildman–Crippen MR) is 96.0 cm³/mol. The zero-order valence-corrected chi connectivity index (χ0v) is 15.2. The number of aromatic nitrogens is 2. The summed E-state index contributed by atoms with van der Waals surface area (Å²) in [4.78, 5) is 14.7. The summed E-state index contributed by atoms with van der Waals surface area (Å²) in [6.07, 6.45) is 5.98. The molecule has 1 amide bonds. The van der Waals surface area contributed by atoms with E-state index in [1.165, 1.54) is 25.7 Å². The van der Waals surface area contributed by atoms with Crippen molar-refractivity contribution in [3.63, 3.8) is 0 Å². The van der Waals surface area contributed by atoms with E-state index in [1.54, 1.807) is 0 Å². The van der Waals surface area contributed by atoms with Crippen LogP contribution in [0.5, 0.6) is 0 Å². The fourth-order valence-electron chi connectivity index (χ4n) is 3.87. The number of aryl methyl sites for hydroxylation is 2. The molecule has 1 saturated carbocycles. The van der Waals surface area contributed by atoms with Crippen molar-refractivity contribution in [2.45, 2.75) is 63.3 Å². The average molecular weight is 337 g/mol. The molecule has 5 nitrogen and oxygen atoms in total. The third kappa shape index (κ3) is 3.58. The molecule has 0 bridgehead atoms. The summed E-state index contributed by atoms with van der Waals surface area (Å²) in [6, 6.07) is 2.44. The van der Waals surface area contributed by atoms with Gasteiger partial charge in [-0.3, -0.25) is 14.4 Å². The number of amides is 1. The molecule has 3 atom stereocenters. The first-order valence-electron chi connectivity index (χ1n) is 8.79. The molecule has 0 spiro atoms. The van der Waals surface area contributed by atoms with Crippen molar-refractivity contribution in [1.29, 1.82) is 0 Å². The van der Waals surface area contributed by atoms with E-state index in [1.807, 2.05) is 41.4 Å². The van der Waals surface area contributed by atoms with Gasteiger partial charge in [0.1, 0.15) is 5.82 Å². The predicted octanol–water partition coefficient (Wildman–Crippen LogP) is 2.49. The molecule has 1 aliphatic carbocycles. The quantitative estimate of drug-likeness (QED) is 0.897. The van der Waals surface area contributed by atoms with Gasteiger partial charge in [0.25, 0.3) is 0 Å². The number of anilines is 1. The molecule has 2 aliphatic rings. The van der Waals surface area contributed by atoms with Gasteiger partial charge in [-0.05, 0) is 31.9 Å². The van der Waals surface area contributed by atoms with Crippen LogP contribution in [0.15, 0.2) is 6.07 Å². The van der Waals surface area contributed by atoms with Gasteiger partial charge in [-0.15, -0.1) is 0 Å². The topological polar surface area (TPSA) is 50.2 Å². The van der Waals surface area contributed by atoms with E-state index in [9.17, 15) is 4.79 Å². The van der Waals surface area contributed by atoms with Gasteiger partial charge in [0.2, 0.25) is 5.91 Å². The third-order valence-corrected chi connectivity index (χ3v) is 6.28. The van der Waals surface area contributed by atoms with Crippen LogP contribution in [0.1, 0.15) is 44.7 Å². The number of thioether (sulfide) groups is 1. The Labute approximate surface area is 143 Å². The van der Waals surface area contributed by atoms with Gasteiger partial charge in [0, 0.05) is 31.0 Å². The minimum Gasteiger partial charge on any atom is -0.302 e. The second-order valence-electron chi connectivity index (χ2n) is 6.65. The highest BCUT2D eigenvalue weighted by atomic mass is 32.2. The maximum Gasteiger partial charge on any atom is 0.245 e. The van der Waals surface area contributed by atoms with Crippen LogP contribution in [0.2, 0.25) is 0 Å². The lowest BCUT2D eigenvalue weighted by Crippen LogP contribution is -2.49. The summed E-state index contributed by atoms with van der Waals surface area (Å²) in [5.41, 5.74) is 0.957. The Hall–Kier alpha value is -1.01. The van der Waals surface area contributed by atoms with E-state index in [0.717, 1.165) is 30.2 Å². The van der Waals surface area contributed by atoms with E-state index in [-0.39, 0.29) is 11.9 Å². The molecular formula is C17H28N4OS. The number of carbonyl (C=O) groups excluding carboxylic acids is 1. The van der Waals surface area contributed by atoms with Crippen LogP contribution in [0.3, 0.4) is 0 Å². The Bertz CT molecular complexity index is 557. The van der Waals surface area contributed by atoms with Gasteiger partial charge >= 0.3 is 0 Å². The standard InChI is InChI=1S/C17H28N4OS/c1-4-23-15-8-6-5-7-13(15)18-14-9-10-21(17(14)22)16-11-12(2)19-20(16)3/h11,13-15,18H,4-10H2,1-3H3/t13-,14-,15+/m0/s1. The molecule has 3 rings (SSSR count). The Morgan fingerprint density at radius 3 is 2.83 bits per heavy atom. The van der Waals surface area contributed by atoms with Gasteiger partial charge in [0.15, 0.2) is 0 Å². The molecule has 1 saturated heterocycles. The lowest BCUT2D eigenvalue weighted by Gasteiger charge is -2.33. The molecule has 1 N–H and O–H groups in total. The zero-order chi connectivity index (χ0) is 16.4. The summed E-state index contributed by atoms with van der Waals surface area (Å²) >= 11 is 2.05. The zero-order valence-electron chi connectivity index (χ0n) is 14.4. The fraction of sp³-hybridized carbons (Fsp3) is 0.765. The highest BCUT2D eigenvalue weighted by Crippen LogP contribution is 2.30. The Kier molecular flexibility index (Phi) is 5.31. The first-order valence-corrected chi connectivity index (χ1v) is 9.84. The average Bonchev–Trinajstić information content (AvgIpc) is 3.04.